The van der Waals surface area contributed by atoms with Crippen molar-refractivity contribution >= 4 is 23.5 Å². The van der Waals surface area contributed by atoms with Gasteiger partial charge < -0.3 is 24.6 Å². The number of hydrogen-bond acceptors (Lipinski definition) is 7. The van der Waals surface area contributed by atoms with E-state index in [-0.39, 0.29) is 31.6 Å². The first-order valence-corrected chi connectivity index (χ1v) is 12.4. The van der Waals surface area contributed by atoms with E-state index < -0.39 is 11.7 Å². The van der Waals surface area contributed by atoms with E-state index in [0.29, 0.717) is 49.9 Å². The summed E-state index contributed by atoms with van der Waals surface area (Å²) in [4.78, 5) is 26.3. The van der Waals surface area contributed by atoms with Crippen LogP contribution in [0.1, 0.15) is 24.0 Å². The standard InChI is InChI=1S/C26H32ClN3O6/c1-18-3-8-21(27)22(13-18)36-17-26(34)16-29(11-9-23(26)31)14-19-4-6-20(7-5-19)35-12-2-10-30-15-24(32)28-25(30)33/h3-8,13,23,31,34H,2,9-12,14-17H2,1H3,(H,28,32,33)/t23-,26-/m0/s1. The van der Waals surface area contributed by atoms with Crippen molar-refractivity contribution in [2.75, 3.05) is 39.4 Å². The lowest BCUT2D eigenvalue weighted by molar-refractivity contribution is -0.140. The van der Waals surface area contributed by atoms with E-state index in [1.165, 1.54) is 4.90 Å². The lowest BCUT2D eigenvalue weighted by atomic mass is 9.90. The van der Waals surface area contributed by atoms with Gasteiger partial charge in [0.25, 0.3) is 0 Å². The maximum Gasteiger partial charge on any atom is 0.324 e. The van der Waals surface area contributed by atoms with Crippen molar-refractivity contribution in [3.8, 4) is 11.5 Å². The molecule has 194 valence electrons. The smallest absolute Gasteiger partial charge is 0.324 e. The molecule has 0 radical (unpaired) electrons. The predicted molar refractivity (Wildman–Crippen MR) is 134 cm³/mol. The largest absolute Gasteiger partial charge is 0.494 e. The number of nitrogens with one attached hydrogen (secondary N) is 1. The summed E-state index contributed by atoms with van der Waals surface area (Å²) in [7, 11) is 0. The molecule has 0 spiro atoms. The van der Waals surface area contributed by atoms with Crippen molar-refractivity contribution < 1.29 is 29.3 Å². The van der Waals surface area contributed by atoms with Crippen LogP contribution in [-0.4, -0.2) is 83.0 Å². The van der Waals surface area contributed by atoms with Crippen molar-refractivity contribution in [2.45, 2.75) is 38.0 Å². The summed E-state index contributed by atoms with van der Waals surface area (Å²) in [6.45, 7) is 4.39. The summed E-state index contributed by atoms with van der Waals surface area (Å²) in [5, 5.41) is 24.4. The van der Waals surface area contributed by atoms with Crippen LogP contribution in [0.15, 0.2) is 42.5 Å². The normalized spacial score (nSPS) is 22.6. The Labute approximate surface area is 215 Å². The number of aliphatic hydroxyl groups is 2. The van der Waals surface area contributed by atoms with Crippen LogP contribution in [0.25, 0.3) is 0 Å². The number of aryl methyl sites for hydroxylation is 1. The first-order valence-electron chi connectivity index (χ1n) is 12.0. The van der Waals surface area contributed by atoms with Gasteiger partial charge in [0, 0.05) is 26.2 Å². The van der Waals surface area contributed by atoms with Crippen LogP contribution in [0.5, 0.6) is 11.5 Å². The summed E-state index contributed by atoms with van der Waals surface area (Å²) in [5.74, 6) is 0.929. The van der Waals surface area contributed by atoms with Crippen molar-refractivity contribution in [1.29, 1.82) is 0 Å². The molecule has 36 heavy (non-hydrogen) atoms. The summed E-state index contributed by atoms with van der Waals surface area (Å²) in [6, 6.07) is 12.8. The zero-order chi connectivity index (χ0) is 25.7. The molecule has 0 saturated carbocycles. The van der Waals surface area contributed by atoms with Crippen LogP contribution in [0.4, 0.5) is 4.79 Å². The molecule has 2 heterocycles. The Hall–Kier alpha value is -2.85. The molecule has 0 aromatic heterocycles. The molecule has 2 aliphatic rings. The molecule has 2 aromatic carbocycles. The second-order valence-electron chi connectivity index (χ2n) is 9.46. The molecule has 2 saturated heterocycles. The third kappa shape index (κ3) is 6.67. The molecule has 3 N–H and O–H groups in total. The molecule has 0 bridgehead atoms. The SMILES string of the molecule is Cc1ccc(Cl)c(OC[C@@]2(O)CN(Cc3ccc(OCCCN4CC(=O)NC4=O)cc3)CC[C@@H]2O)c1. The fourth-order valence-corrected chi connectivity index (χ4v) is 4.58. The highest BCUT2D eigenvalue weighted by Crippen LogP contribution is 2.29. The van der Waals surface area contributed by atoms with Gasteiger partial charge in [-0.3, -0.25) is 15.0 Å². The quantitative estimate of drug-likeness (QED) is 0.327. The highest BCUT2D eigenvalue weighted by atomic mass is 35.5. The van der Waals surface area contributed by atoms with E-state index >= 15 is 0 Å². The maximum absolute atomic E-state index is 11.5. The summed E-state index contributed by atoms with van der Waals surface area (Å²) >= 11 is 6.20. The van der Waals surface area contributed by atoms with Crippen molar-refractivity contribution in [3.05, 3.63) is 58.6 Å². The second kappa shape index (κ2) is 11.5. The fraction of sp³-hybridized carbons (Fsp3) is 0.462. The third-order valence-electron chi connectivity index (χ3n) is 6.44. The van der Waals surface area contributed by atoms with E-state index in [9.17, 15) is 19.8 Å². The van der Waals surface area contributed by atoms with Gasteiger partial charge in [-0.15, -0.1) is 0 Å². The fourth-order valence-electron chi connectivity index (χ4n) is 4.40. The molecule has 9 nitrogen and oxygen atoms in total. The number of urea groups is 1. The molecule has 2 aliphatic heterocycles. The second-order valence-corrected chi connectivity index (χ2v) is 9.87. The number of piperidine rings is 1. The van der Waals surface area contributed by atoms with Gasteiger partial charge in [0.1, 0.15) is 30.3 Å². The molecular formula is C26H32ClN3O6. The van der Waals surface area contributed by atoms with Crippen LogP contribution >= 0.6 is 11.6 Å². The number of aliphatic hydroxyl groups excluding tert-OH is 1. The van der Waals surface area contributed by atoms with Gasteiger partial charge >= 0.3 is 6.03 Å². The molecule has 2 fully saturated rings. The minimum absolute atomic E-state index is 0.0616. The highest BCUT2D eigenvalue weighted by Gasteiger charge is 2.42. The monoisotopic (exact) mass is 517 g/mol. The van der Waals surface area contributed by atoms with Gasteiger partial charge in [0.2, 0.25) is 5.91 Å². The number of hydrogen-bond donors (Lipinski definition) is 3. The number of ether oxygens (including phenoxy) is 2. The number of nitrogens with zero attached hydrogens (tertiary/aromatic N) is 2. The first-order chi connectivity index (χ1) is 17.2. The number of β-amino-alcohol motifs (C(OH)–C–C–N with tert-alkyl or cyclic N) is 1. The minimum atomic E-state index is -1.41. The van der Waals surface area contributed by atoms with Gasteiger partial charge in [-0.25, -0.2) is 4.79 Å². The average Bonchev–Trinajstić information content (AvgIpc) is 3.17. The predicted octanol–water partition coefficient (Wildman–Crippen LogP) is 2.35. The van der Waals surface area contributed by atoms with Gasteiger partial charge in [-0.2, -0.15) is 0 Å². The number of amides is 3. The molecule has 0 aliphatic carbocycles. The Morgan fingerprint density at radius 3 is 2.67 bits per heavy atom. The zero-order valence-electron chi connectivity index (χ0n) is 20.3. The van der Waals surface area contributed by atoms with Gasteiger partial charge in [0.05, 0.1) is 17.7 Å². The first kappa shape index (κ1) is 26.2. The maximum atomic E-state index is 11.5. The topological polar surface area (TPSA) is 112 Å². The lowest BCUT2D eigenvalue weighted by Gasteiger charge is -2.42. The number of benzene rings is 2. The number of carbonyl (C=O) groups is 2. The Kier molecular flexibility index (Phi) is 8.35. The number of halogens is 1. The molecule has 4 rings (SSSR count). The van der Waals surface area contributed by atoms with Crippen LogP contribution in [-0.2, 0) is 11.3 Å². The van der Waals surface area contributed by atoms with E-state index in [1.807, 2.05) is 43.3 Å². The number of likely N-dealkylation sites (tertiary alicyclic amines) is 1. The van der Waals surface area contributed by atoms with E-state index in [4.69, 9.17) is 21.1 Å². The average molecular weight is 518 g/mol. The zero-order valence-corrected chi connectivity index (χ0v) is 21.0. The molecule has 10 heteroatoms. The Morgan fingerprint density at radius 1 is 1.17 bits per heavy atom. The number of carbonyl (C=O) groups excluding carboxylic acids is 2. The van der Waals surface area contributed by atoms with E-state index in [0.717, 1.165) is 16.9 Å². The van der Waals surface area contributed by atoms with Crippen LogP contribution in [0.2, 0.25) is 5.02 Å². The van der Waals surface area contributed by atoms with Gasteiger partial charge in [0.15, 0.2) is 0 Å². The number of rotatable bonds is 10. The summed E-state index contributed by atoms with van der Waals surface area (Å²) in [6.07, 6.45) is 0.161. The van der Waals surface area contributed by atoms with E-state index in [2.05, 4.69) is 10.2 Å². The molecule has 3 amide bonds. The Bertz CT molecular complexity index is 1080. The van der Waals surface area contributed by atoms with Crippen LogP contribution < -0.4 is 14.8 Å². The summed E-state index contributed by atoms with van der Waals surface area (Å²) in [5.41, 5.74) is 0.636. The van der Waals surface area contributed by atoms with Gasteiger partial charge in [-0.1, -0.05) is 29.8 Å². The minimum Gasteiger partial charge on any atom is -0.494 e. The highest BCUT2D eigenvalue weighted by molar-refractivity contribution is 6.32. The Balaban J connectivity index is 1.24. The van der Waals surface area contributed by atoms with Crippen LogP contribution in [0, 0.1) is 6.92 Å². The molecule has 2 atom stereocenters. The molecule has 2 aromatic rings. The van der Waals surface area contributed by atoms with E-state index in [1.54, 1.807) is 6.07 Å². The Morgan fingerprint density at radius 2 is 1.94 bits per heavy atom. The summed E-state index contributed by atoms with van der Waals surface area (Å²) < 4.78 is 11.6. The third-order valence-corrected chi connectivity index (χ3v) is 6.75. The van der Waals surface area contributed by atoms with Gasteiger partial charge in [-0.05, 0) is 55.2 Å². The van der Waals surface area contributed by atoms with Crippen molar-refractivity contribution in [3.63, 3.8) is 0 Å². The van der Waals surface area contributed by atoms with Crippen LogP contribution in [0.3, 0.4) is 0 Å². The number of imide groups is 1. The lowest BCUT2D eigenvalue weighted by Crippen LogP contribution is -2.59. The van der Waals surface area contributed by atoms with Crippen molar-refractivity contribution in [2.24, 2.45) is 0 Å². The van der Waals surface area contributed by atoms with Crippen molar-refractivity contribution in [1.82, 2.24) is 15.1 Å². The molecular weight excluding hydrogens is 486 g/mol. The molecule has 0 unspecified atom stereocenters.